The van der Waals surface area contributed by atoms with Gasteiger partial charge in [-0.15, -0.1) is 10.2 Å². The number of amides is 1. The lowest BCUT2D eigenvalue weighted by Crippen LogP contribution is -2.41. The van der Waals surface area contributed by atoms with Crippen molar-refractivity contribution in [3.05, 3.63) is 46.4 Å². The molecule has 2 aromatic rings. The third-order valence-corrected chi connectivity index (χ3v) is 6.01. The van der Waals surface area contributed by atoms with Crippen LogP contribution in [0.25, 0.3) is 0 Å². The number of rotatable bonds is 5. The molecule has 2 aliphatic heterocycles. The summed E-state index contributed by atoms with van der Waals surface area (Å²) in [5.74, 6) is 1.98. The average molecular weight is 460 g/mol. The molecule has 0 aliphatic carbocycles. The molecule has 1 amide bonds. The van der Waals surface area contributed by atoms with Crippen LogP contribution in [0.5, 0.6) is 0 Å². The zero-order valence-electron chi connectivity index (χ0n) is 16.4. The van der Waals surface area contributed by atoms with Gasteiger partial charge in [-0.3, -0.25) is 4.79 Å². The van der Waals surface area contributed by atoms with Crippen molar-refractivity contribution < 1.29 is 9.53 Å². The second kappa shape index (κ2) is 9.54. The molecule has 4 rings (SSSR count). The lowest BCUT2D eigenvalue weighted by atomic mass is 9.96. The quantitative estimate of drug-likeness (QED) is 0.740. The lowest BCUT2D eigenvalue weighted by molar-refractivity contribution is -0.125. The fourth-order valence-electron chi connectivity index (χ4n) is 3.80. The molecule has 1 aromatic carbocycles. The van der Waals surface area contributed by atoms with Crippen molar-refractivity contribution in [2.45, 2.75) is 19.4 Å². The van der Waals surface area contributed by atoms with Crippen LogP contribution in [0.2, 0.25) is 0 Å². The monoisotopic (exact) mass is 459 g/mol. The molecule has 1 aromatic heterocycles. The van der Waals surface area contributed by atoms with Crippen molar-refractivity contribution in [1.29, 1.82) is 0 Å². The summed E-state index contributed by atoms with van der Waals surface area (Å²) in [7, 11) is 0. The third-order valence-electron chi connectivity index (χ3n) is 5.52. The van der Waals surface area contributed by atoms with E-state index in [4.69, 9.17) is 4.74 Å². The van der Waals surface area contributed by atoms with Crippen molar-refractivity contribution >= 4 is 33.5 Å². The third kappa shape index (κ3) is 5.25. The molecule has 3 heterocycles. The first-order chi connectivity index (χ1) is 14.2. The van der Waals surface area contributed by atoms with E-state index in [1.165, 1.54) is 0 Å². The Morgan fingerprint density at radius 3 is 2.31 bits per heavy atom. The molecule has 2 aliphatic rings. The number of hydrogen-bond acceptors (Lipinski definition) is 6. The Bertz CT molecular complexity index is 818. The number of carbonyl (C=O) groups is 1. The molecular formula is C21H26BrN5O2. The zero-order chi connectivity index (χ0) is 20.1. The van der Waals surface area contributed by atoms with Gasteiger partial charge >= 0.3 is 0 Å². The van der Waals surface area contributed by atoms with E-state index in [2.05, 4.69) is 41.2 Å². The van der Waals surface area contributed by atoms with Gasteiger partial charge in [-0.25, -0.2) is 0 Å². The first-order valence-corrected chi connectivity index (χ1v) is 10.9. The number of nitrogens with zero attached hydrogens (tertiary/aromatic N) is 4. The second-order valence-electron chi connectivity index (χ2n) is 7.46. The number of hydrogen-bond donors (Lipinski definition) is 1. The number of aromatic nitrogens is 2. The SMILES string of the molecule is O=C(NCc1cccc(Br)c1)C1CCN(c2ccc(N3CCOCC3)nn2)CC1. The van der Waals surface area contributed by atoms with Gasteiger partial charge in [-0.1, -0.05) is 28.1 Å². The summed E-state index contributed by atoms with van der Waals surface area (Å²) < 4.78 is 6.41. The summed E-state index contributed by atoms with van der Waals surface area (Å²) >= 11 is 3.46. The summed E-state index contributed by atoms with van der Waals surface area (Å²) in [5, 5.41) is 11.9. The summed E-state index contributed by atoms with van der Waals surface area (Å²) in [5.41, 5.74) is 1.10. The highest BCUT2D eigenvalue weighted by Crippen LogP contribution is 2.23. The number of carbonyl (C=O) groups excluding carboxylic acids is 1. The van der Waals surface area contributed by atoms with Crippen molar-refractivity contribution in [2.24, 2.45) is 5.92 Å². The van der Waals surface area contributed by atoms with Crippen LogP contribution in [0.3, 0.4) is 0 Å². The van der Waals surface area contributed by atoms with Gasteiger partial charge in [0.25, 0.3) is 0 Å². The van der Waals surface area contributed by atoms with Crippen molar-refractivity contribution in [1.82, 2.24) is 15.5 Å². The Hall–Kier alpha value is -2.19. The minimum atomic E-state index is 0.0546. The predicted molar refractivity (Wildman–Crippen MR) is 116 cm³/mol. The minimum Gasteiger partial charge on any atom is -0.378 e. The Morgan fingerprint density at radius 2 is 1.69 bits per heavy atom. The van der Waals surface area contributed by atoms with Gasteiger partial charge in [-0.2, -0.15) is 0 Å². The van der Waals surface area contributed by atoms with Gasteiger partial charge in [0, 0.05) is 43.1 Å². The summed E-state index contributed by atoms with van der Waals surface area (Å²) in [4.78, 5) is 16.9. The van der Waals surface area contributed by atoms with Gasteiger partial charge in [0.1, 0.15) is 0 Å². The minimum absolute atomic E-state index is 0.0546. The second-order valence-corrected chi connectivity index (χ2v) is 8.37. The topological polar surface area (TPSA) is 70.6 Å². The highest BCUT2D eigenvalue weighted by Gasteiger charge is 2.26. The summed E-state index contributed by atoms with van der Waals surface area (Å²) in [6.07, 6.45) is 1.66. The van der Waals surface area contributed by atoms with E-state index in [-0.39, 0.29) is 11.8 Å². The maximum Gasteiger partial charge on any atom is 0.223 e. The molecule has 0 unspecified atom stereocenters. The molecule has 0 spiro atoms. The fraction of sp³-hybridized carbons (Fsp3) is 0.476. The molecule has 0 radical (unpaired) electrons. The molecule has 1 N–H and O–H groups in total. The number of ether oxygens (including phenoxy) is 1. The van der Waals surface area contributed by atoms with E-state index in [0.29, 0.717) is 6.54 Å². The van der Waals surface area contributed by atoms with E-state index in [0.717, 1.165) is 73.9 Å². The maximum absolute atomic E-state index is 12.5. The standard InChI is InChI=1S/C21H26BrN5O2/c22-18-3-1-2-16(14-18)15-23-21(28)17-6-8-26(9-7-17)19-4-5-20(25-24-19)27-10-12-29-13-11-27/h1-5,14,17H,6-13,15H2,(H,23,28). The number of morpholine rings is 1. The van der Waals surface area contributed by atoms with Crippen LogP contribution in [0.4, 0.5) is 11.6 Å². The molecule has 29 heavy (non-hydrogen) atoms. The molecule has 0 bridgehead atoms. The smallest absolute Gasteiger partial charge is 0.223 e. The van der Waals surface area contributed by atoms with Crippen LogP contribution in [0.15, 0.2) is 40.9 Å². The average Bonchev–Trinajstić information content (AvgIpc) is 2.78. The van der Waals surface area contributed by atoms with Gasteiger partial charge in [0.05, 0.1) is 13.2 Å². The summed E-state index contributed by atoms with van der Waals surface area (Å²) in [6.45, 7) is 5.39. The first-order valence-electron chi connectivity index (χ1n) is 10.1. The molecule has 0 atom stereocenters. The Morgan fingerprint density at radius 1 is 1.03 bits per heavy atom. The van der Waals surface area contributed by atoms with Gasteiger partial charge < -0.3 is 19.9 Å². The molecule has 8 heteroatoms. The van der Waals surface area contributed by atoms with Crippen LogP contribution < -0.4 is 15.1 Å². The maximum atomic E-state index is 12.5. The number of nitrogens with one attached hydrogen (secondary N) is 1. The highest BCUT2D eigenvalue weighted by atomic mass is 79.9. The molecule has 154 valence electrons. The number of anilines is 2. The fourth-order valence-corrected chi connectivity index (χ4v) is 4.25. The Balaban J connectivity index is 1.26. The molecule has 2 fully saturated rings. The molecular weight excluding hydrogens is 434 g/mol. The molecule has 2 saturated heterocycles. The van der Waals surface area contributed by atoms with E-state index in [9.17, 15) is 4.79 Å². The Kier molecular flexibility index (Phi) is 6.61. The van der Waals surface area contributed by atoms with Crippen molar-refractivity contribution in [3.8, 4) is 0 Å². The van der Waals surface area contributed by atoms with E-state index in [1.54, 1.807) is 0 Å². The van der Waals surface area contributed by atoms with Crippen LogP contribution in [0, 0.1) is 5.92 Å². The van der Waals surface area contributed by atoms with Crippen LogP contribution in [0.1, 0.15) is 18.4 Å². The van der Waals surface area contributed by atoms with Crippen LogP contribution in [-0.4, -0.2) is 55.5 Å². The largest absolute Gasteiger partial charge is 0.378 e. The van der Waals surface area contributed by atoms with Gasteiger partial charge in [0.15, 0.2) is 11.6 Å². The normalized spacial score (nSPS) is 18.0. The Labute approximate surface area is 179 Å². The number of benzene rings is 1. The highest BCUT2D eigenvalue weighted by molar-refractivity contribution is 9.10. The first kappa shape index (κ1) is 20.1. The van der Waals surface area contributed by atoms with Crippen LogP contribution >= 0.6 is 15.9 Å². The van der Waals surface area contributed by atoms with Crippen molar-refractivity contribution in [3.63, 3.8) is 0 Å². The van der Waals surface area contributed by atoms with Crippen LogP contribution in [-0.2, 0) is 16.1 Å². The molecule has 0 saturated carbocycles. The van der Waals surface area contributed by atoms with E-state index < -0.39 is 0 Å². The van der Waals surface area contributed by atoms with E-state index >= 15 is 0 Å². The summed E-state index contributed by atoms with van der Waals surface area (Å²) in [6, 6.07) is 12.1. The number of piperidine rings is 1. The zero-order valence-corrected chi connectivity index (χ0v) is 18.0. The number of halogens is 1. The molecule has 7 nitrogen and oxygen atoms in total. The lowest BCUT2D eigenvalue weighted by Gasteiger charge is -2.32. The van der Waals surface area contributed by atoms with Crippen molar-refractivity contribution in [2.75, 3.05) is 49.2 Å². The van der Waals surface area contributed by atoms with Gasteiger partial charge in [-0.05, 0) is 42.7 Å². The van der Waals surface area contributed by atoms with E-state index in [1.807, 2.05) is 36.4 Å². The predicted octanol–water partition coefficient (Wildman–Crippen LogP) is 2.61. The van der Waals surface area contributed by atoms with Gasteiger partial charge in [0.2, 0.25) is 5.91 Å².